The molecular weight excluding hydrogens is 447 g/mol. The molecule has 2 aromatic rings. The summed E-state index contributed by atoms with van der Waals surface area (Å²) >= 11 is 12.4. The molecule has 0 aliphatic heterocycles. The average Bonchev–Trinajstić information content (AvgIpc) is 2.79. The highest BCUT2D eigenvalue weighted by atomic mass is 35.5. The molecule has 0 radical (unpaired) electrons. The number of hydrogen-bond donors (Lipinski definition) is 1. The molecular formula is C25H30Cl2N2O3. The van der Waals surface area contributed by atoms with Crippen molar-refractivity contribution >= 4 is 35.0 Å². The number of ether oxygens (including phenoxy) is 1. The van der Waals surface area contributed by atoms with Crippen LogP contribution in [0.25, 0.3) is 0 Å². The van der Waals surface area contributed by atoms with Crippen molar-refractivity contribution in [3.63, 3.8) is 0 Å². The van der Waals surface area contributed by atoms with E-state index in [9.17, 15) is 9.59 Å². The molecule has 1 saturated carbocycles. The Morgan fingerprint density at radius 3 is 2.53 bits per heavy atom. The zero-order valence-corrected chi connectivity index (χ0v) is 19.9. The lowest BCUT2D eigenvalue weighted by molar-refractivity contribution is -0.143. The van der Waals surface area contributed by atoms with Gasteiger partial charge in [0.05, 0.1) is 0 Å². The van der Waals surface area contributed by atoms with Crippen LogP contribution in [0.1, 0.15) is 51.0 Å². The molecule has 2 amide bonds. The number of nitrogens with zero attached hydrogens (tertiary/aromatic N) is 1. The second kappa shape index (κ2) is 12.1. The lowest BCUT2D eigenvalue weighted by Crippen LogP contribution is -2.52. The van der Waals surface area contributed by atoms with Crippen LogP contribution in [0.3, 0.4) is 0 Å². The minimum atomic E-state index is -0.608. The Morgan fingerprint density at radius 1 is 1.09 bits per heavy atom. The molecule has 7 heteroatoms. The van der Waals surface area contributed by atoms with Gasteiger partial charge >= 0.3 is 0 Å². The van der Waals surface area contributed by atoms with Gasteiger partial charge in [0, 0.05) is 22.6 Å². The minimum absolute atomic E-state index is 0.123. The van der Waals surface area contributed by atoms with E-state index in [1.165, 1.54) is 6.42 Å². The molecule has 0 heterocycles. The highest BCUT2D eigenvalue weighted by molar-refractivity contribution is 6.31. The topological polar surface area (TPSA) is 58.6 Å². The van der Waals surface area contributed by atoms with E-state index in [4.69, 9.17) is 27.9 Å². The maximum Gasteiger partial charge on any atom is 0.261 e. The molecule has 32 heavy (non-hydrogen) atoms. The van der Waals surface area contributed by atoms with Crippen LogP contribution in [0.4, 0.5) is 0 Å². The fraction of sp³-hybridized carbons (Fsp3) is 0.440. The molecule has 0 spiro atoms. The second-order valence-electron chi connectivity index (χ2n) is 8.13. The van der Waals surface area contributed by atoms with Crippen LogP contribution >= 0.6 is 23.2 Å². The van der Waals surface area contributed by atoms with Gasteiger partial charge in [0.15, 0.2) is 6.61 Å². The van der Waals surface area contributed by atoms with Crippen molar-refractivity contribution in [1.29, 1.82) is 0 Å². The lowest BCUT2D eigenvalue weighted by atomic mass is 9.95. The molecule has 1 N–H and O–H groups in total. The number of nitrogens with one attached hydrogen (secondary N) is 1. The van der Waals surface area contributed by atoms with E-state index in [1.54, 1.807) is 35.2 Å². The normalized spacial score (nSPS) is 15.1. The maximum atomic E-state index is 13.3. The fourth-order valence-corrected chi connectivity index (χ4v) is 4.43. The summed E-state index contributed by atoms with van der Waals surface area (Å²) in [7, 11) is 0. The quantitative estimate of drug-likeness (QED) is 0.510. The van der Waals surface area contributed by atoms with Crippen molar-refractivity contribution in [1.82, 2.24) is 10.2 Å². The van der Waals surface area contributed by atoms with E-state index in [1.807, 2.05) is 25.1 Å². The summed E-state index contributed by atoms with van der Waals surface area (Å²) in [4.78, 5) is 28.0. The molecule has 1 aliphatic carbocycles. The lowest BCUT2D eigenvalue weighted by Gasteiger charge is -2.33. The number of carbonyl (C=O) groups is 2. The van der Waals surface area contributed by atoms with E-state index in [2.05, 4.69) is 5.32 Å². The standard InChI is InChI=1S/C25H30Cl2N2O3/c1-2-23(25(31)28-20-11-4-3-5-12-20)29(16-18-9-6-7-14-22(18)27)24(30)17-32-21-13-8-10-19(26)15-21/h6-10,13-15,20,23H,2-5,11-12,16-17H2,1H3,(H,28,31)/t23-/m1/s1. The first-order valence-electron chi connectivity index (χ1n) is 11.2. The summed E-state index contributed by atoms with van der Waals surface area (Å²) in [6.45, 7) is 1.95. The van der Waals surface area contributed by atoms with Crippen LogP contribution in [0.2, 0.25) is 10.0 Å². The third-order valence-corrected chi connectivity index (χ3v) is 6.40. The van der Waals surface area contributed by atoms with Crippen LogP contribution in [-0.2, 0) is 16.1 Å². The molecule has 0 saturated heterocycles. The van der Waals surface area contributed by atoms with Gasteiger partial charge in [-0.25, -0.2) is 0 Å². The van der Waals surface area contributed by atoms with Gasteiger partial charge in [0.25, 0.3) is 5.91 Å². The Balaban J connectivity index is 1.76. The number of hydrogen-bond acceptors (Lipinski definition) is 3. The van der Waals surface area contributed by atoms with Gasteiger partial charge in [-0.2, -0.15) is 0 Å². The summed E-state index contributed by atoms with van der Waals surface area (Å²) in [6, 6.07) is 13.8. The number of rotatable bonds is 9. The molecule has 1 fully saturated rings. The summed E-state index contributed by atoms with van der Waals surface area (Å²) in [5.74, 6) is 0.0985. The second-order valence-corrected chi connectivity index (χ2v) is 8.97. The maximum absolute atomic E-state index is 13.3. The van der Waals surface area contributed by atoms with Crippen LogP contribution in [0.15, 0.2) is 48.5 Å². The number of amides is 2. The molecule has 0 unspecified atom stereocenters. The summed E-state index contributed by atoms with van der Waals surface area (Å²) in [6.07, 6.45) is 5.92. The molecule has 1 aliphatic rings. The molecule has 172 valence electrons. The van der Waals surface area contributed by atoms with Crippen molar-refractivity contribution in [3.05, 3.63) is 64.1 Å². The highest BCUT2D eigenvalue weighted by Crippen LogP contribution is 2.22. The largest absolute Gasteiger partial charge is 0.484 e. The smallest absolute Gasteiger partial charge is 0.261 e. The number of halogens is 2. The van der Waals surface area contributed by atoms with Crippen LogP contribution in [0, 0.1) is 0 Å². The third-order valence-electron chi connectivity index (χ3n) is 5.79. The van der Waals surface area contributed by atoms with Crippen molar-refractivity contribution < 1.29 is 14.3 Å². The van der Waals surface area contributed by atoms with Gasteiger partial charge in [0.2, 0.25) is 5.91 Å². The molecule has 5 nitrogen and oxygen atoms in total. The molecule has 0 bridgehead atoms. The zero-order chi connectivity index (χ0) is 22.9. The first-order chi connectivity index (χ1) is 15.5. The van der Waals surface area contributed by atoms with Crippen molar-refractivity contribution in [2.45, 2.75) is 64.1 Å². The molecule has 1 atom stereocenters. The molecule has 0 aromatic heterocycles. The Hall–Kier alpha value is -2.24. The molecule has 3 rings (SSSR count). The van der Waals surface area contributed by atoms with E-state index >= 15 is 0 Å². The summed E-state index contributed by atoms with van der Waals surface area (Å²) < 4.78 is 5.68. The van der Waals surface area contributed by atoms with E-state index in [0.29, 0.717) is 22.2 Å². The SMILES string of the molecule is CC[C@H](C(=O)NC1CCCCC1)N(Cc1ccccc1Cl)C(=O)COc1cccc(Cl)c1. The van der Waals surface area contributed by atoms with Crippen molar-refractivity contribution in [3.8, 4) is 5.75 Å². The van der Waals surface area contributed by atoms with E-state index in [0.717, 1.165) is 31.2 Å². The Bertz CT molecular complexity index is 916. The minimum Gasteiger partial charge on any atom is -0.484 e. The first-order valence-corrected chi connectivity index (χ1v) is 11.9. The number of carbonyl (C=O) groups excluding carboxylic acids is 2. The van der Waals surface area contributed by atoms with Crippen LogP contribution < -0.4 is 10.1 Å². The average molecular weight is 477 g/mol. The van der Waals surface area contributed by atoms with Gasteiger partial charge in [0.1, 0.15) is 11.8 Å². The highest BCUT2D eigenvalue weighted by Gasteiger charge is 2.31. The predicted molar refractivity (Wildman–Crippen MR) is 128 cm³/mol. The predicted octanol–water partition coefficient (Wildman–Crippen LogP) is 5.63. The number of benzene rings is 2. The third kappa shape index (κ3) is 6.88. The van der Waals surface area contributed by atoms with Crippen LogP contribution in [-0.4, -0.2) is 35.4 Å². The van der Waals surface area contributed by atoms with E-state index in [-0.39, 0.29) is 31.0 Å². The monoisotopic (exact) mass is 476 g/mol. The fourth-order valence-electron chi connectivity index (χ4n) is 4.06. The van der Waals surface area contributed by atoms with Gasteiger partial charge < -0.3 is 15.0 Å². The van der Waals surface area contributed by atoms with Crippen molar-refractivity contribution in [2.24, 2.45) is 0 Å². The van der Waals surface area contributed by atoms with Gasteiger partial charge in [-0.3, -0.25) is 9.59 Å². The van der Waals surface area contributed by atoms with Crippen molar-refractivity contribution in [2.75, 3.05) is 6.61 Å². The first kappa shape index (κ1) is 24.4. The Morgan fingerprint density at radius 2 is 1.84 bits per heavy atom. The zero-order valence-electron chi connectivity index (χ0n) is 18.4. The van der Waals surface area contributed by atoms with Gasteiger partial charge in [-0.05, 0) is 49.1 Å². The van der Waals surface area contributed by atoms with Gasteiger partial charge in [-0.1, -0.05) is 73.7 Å². The van der Waals surface area contributed by atoms with E-state index < -0.39 is 6.04 Å². The summed E-state index contributed by atoms with van der Waals surface area (Å²) in [5, 5.41) is 4.25. The van der Waals surface area contributed by atoms with Crippen LogP contribution in [0.5, 0.6) is 5.75 Å². The Labute approximate surface area is 200 Å². The summed E-state index contributed by atoms with van der Waals surface area (Å²) in [5.41, 5.74) is 0.786. The van der Waals surface area contributed by atoms with Gasteiger partial charge in [-0.15, -0.1) is 0 Å². The molecule has 2 aromatic carbocycles. The Kier molecular flexibility index (Phi) is 9.24.